The fourth-order valence-corrected chi connectivity index (χ4v) is 4.38. The molecular formula is C27H28F6N2O2. The van der Waals surface area contributed by atoms with Crippen LogP contribution >= 0.6 is 0 Å². The standard InChI is InChI=1S/C27H28F6N2O2/c1-17-21(19-10-12-20(13-11-19)26(28,29)30)22(24(37)34(4)15-25(2,3)16-36)35(23(17)27(31,32)33)14-18-8-6-5-7-9-18/h5-13,36H,14-16H2,1-4H3. The Labute approximate surface area is 211 Å². The number of hydrogen-bond acceptors (Lipinski definition) is 2. The molecule has 1 aromatic heterocycles. The van der Waals surface area contributed by atoms with Crippen molar-refractivity contribution in [3.63, 3.8) is 0 Å². The first-order chi connectivity index (χ1) is 17.1. The molecule has 10 heteroatoms. The van der Waals surface area contributed by atoms with Crippen molar-refractivity contribution >= 4 is 5.91 Å². The molecule has 1 amide bonds. The molecule has 0 saturated heterocycles. The molecule has 0 spiro atoms. The number of hydrogen-bond donors (Lipinski definition) is 1. The third-order valence-corrected chi connectivity index (χ3v) is 6.10. The summed E-state index contributed by atoms with van der Waals surface area (Å²) in [6.45, 7) is 4.09. The van der Waals surface area contributed by atoms with Crippen molar-refractivity contribution in [3.8, 4) is 11.1 Å². The van der Waals surface area contributed by atoms with Crippen LogP contribution in [0.15, 0.2) is 54.6 Å². The van der Waals surface area contributed by atoms with Crippen LogP contribution in [0.3, 0.4) is 0 Å². The maximum atomic E-state index is 14.4. The summed E-state index contributed by atoms with van der Waals surface area (Å²) < 4.78 is 83.5. The number of nitrogens with zero attached hydrogens (tertiary/aromatic N) is 2. The summed E-state index contributed by atoms with van der Waals surface area (Å²) in [5, 5.41) is 9.64. The van der Waals surface area contributed by atoms with Crippen molar-refractivity contribution in [1.82, 2.24) is 9.47 Å². The second kappa shape index (κ2) is 10.2. The average molecular weight is 527 g/mol. The predicted octanol–water partition coefficient (Wildman–Crippen LogP) is 6.64. The van der Waals surface area contributed by atoms with Gasteiger partial charge in [0.1, 0.15) is 11.4 Å². The van der Waals surface area contributed by atoms with E-state index in [0.717, 1.165) is 28.8 Å². The van der Waals surface area contributed by atoms with Gasteiger partial charge in [-0.15, -0.1) is 0 Å². The van der Waals surface area contributed by atoms with Gasteiger partial charge >= 0.3 is 12.4 Å². The first-order valence-electron chi connectivity index (χ1n) is 11.4. The quantitative estimate of drug-likeness (QED) is 0.351. The Bertz CT molecular complexity index is 1240. The van der Waals surface area contributed by atoms with Crippen molar-refractivity contribution in [2.45, 2.75) is 39.7 Å². The summed E-state index contributed by atoms with van der Waals surface area (Å²) in [7, 11) is 1.42. The van der Waals surface area contributed by atoms with E-state index in [2.05, 4.69) is 0 Å². The van der Waals surface area contributed by atoms with E-state index in [0.29, 0.717) is 5.56 Å². The molecule has 37 heavy (non-hydrogen) atoms. The van der Waals surface area contributed by atoms with Crippen LogP contribution in [0.1, 0.15) is 46.7 Å². The molecule has 0 saturated carbocycles. The fraction of sp³-hybridized carbons (Fsp3) is 0.370. The van der Waals surface area contributed by atoms with E-state index >= 15 is 0 Å². The number of aliphatic hydroxyl groups excluding tert-OH is 1. The zero-order valence-electron chi connectivity index (χ0n) is 20.8. The number of halogens is 6. The summed E-state index contributed by atoms with van der Waals surface area (Å²) in [4.78, 5) is 15.0. The lowest BCUT2D eigenvalue weighted by atomic mass is 9.94. The van der Waals surface area contributed by atoms with Gasteiger partial charge in [-0.3, -0.25) is 4.79 Å². The van der Waals surface area contributed by atoms with Gasteiger partial charge in [0.2, 0.25) is 0 Å². The molecule has 0 bridgehead atoms. The minimum absolute atomic E-state index is 0.0334. The minimum atomic E-state index is -4.85. The lowest BCUT2D eigenvalue weighted by Gasteiger charge is -2.29. The third-order valence-electron chi connectivity index (χ3n) is 6.10. The molecule has 1 heterocycles. The second-order valence-corrected chi connectivity index (χ2v) is 9.83. The summed E-state index contributed by atoms with van der Waals surface area (Å²) in [6.07, 6.45) is -9.47. The van der Waals surface area contributed by atoms with E-state index in [1.807, 2.05) is 0 Å². The average Bonchev–Trinajstić information content (AvgIpc) is 3.10. The van der Waals surface area contributed by atoms with Crippen LogP contribution in [-0.4, -0.2) is 40.7 Å². The smallest absolute Gasteiger partial charge is 0.396 e. The number of rotatable bonds is 7. The minimum Gasteiger partial charge on any atom is -0.396 e. The van der Waals surface area contributed by atoms with Crippen LogP contribution in [0.2, 0.25) is 0 Å². The summed E-state index contributed by atoms with van der Waals surface area (Å²) in [5.74, 6) is -0.744. The molecule has 3 rings (SSSR count). The monoisotopic (exact) mass is 526 g/mol. The molecule has 2 aromatic carbocycles. The van der Waals surface area contributed by atoms with Crippen molar-refractivity contribution in [3.05, 3.63) is 82.7 Å². The van der Waals surface area contributed by atoms with E-state index in [1.165, 1.54) is 18.9 Å². The second-order valence-electron chi connectivity index (χ2n) is 9.83. The largest absolute Gasteiger partial charge is 0.431 e. The highest BCUT2D eigenvalue weighted by Crippen LogP contribution is 2.42. The Hall–Kier alpha value is -3.27. The van der Waals surface area contributed by atoms with Gasteiger partial charge in [-0.1, -0.05) is 56.3 Å². The topological polar surface area (TPSA) is 45.5 Å². The van der Waals surface area contributed by atoms with E-state index < -0.39 is 34.9 Å². The molecular weight excluding hydrogens is 498 g/mol. The molecule has 0 aliphatic carbocycles. The molecule has 0 aliphatic heterocycles. The lowest BCUT2D eigenvalue weighted by molar-refractivity contribution is -0.143. The molecule has 1 N–H and O–H groups in total. The number of aliphatic hydroxyl groups is 1. The Morgan fingerprint density at radius 2 is 1.49 bits per heavy atom. The van der Waals surface area contributed by atoms with Crippen LogP contribution in [0.5, 0.6) is 0 Å². The van der Waals surface area contributed by atoms with Crippen molar-refractivity contribution < 1.29 is 36.2 Å². The number of benzene rings is 2. The Morgan fingerprint density at radius 3 is 1.97 bits per heavy atom. The van der Waals surface area contributed by atoms with Gasteiger partial charge in [0.15, 0.2) is 0 Å². The van der Waals surface area contributed by atoms with Gasteiger partial charge in [0.25, 0.3) is 5.91 Å². The summed E-state index contributed by atoms with van der Waals surface area (Å²) in [5.41, 5.74) is -2.82. The predicted molar refractivity (Wildman–Crippen MR) is 128 cm³/mol. The van der Waals surface area contributed by atoms with Gasteiger partial charge in [-0.25, -0.2) is 0 Å². The molecule has 200 valence electrons. The number of aromatic nitrogens is 1. The van der Waals surface area contributed by atoms with E-state index in [-0.39, 0.29) is 42.1 Å². The molecule has 0 fully saturated rings. The fourth-order valence-electron chi connectivity index (χ4n) is 4.38. The third kappa shape index (κ3) is 6.18. The van der Waals surface area contributed by atoms with Crippen molar-refractivity contribution in [2.75, 3.05) is 20.2 Å². The molecule has 0 aliphatic rings. The lowest BCUT2D eigenvalue weighted by Crippen LogP contribution is -2.39. The first-order valence-corrected chi connectivity index (χ1v) is 11.4. The van der Waals surface area contributed by atoms with Crippen LogP contribution in [0, 0.1) is 12.3 Å². The molecule has 0 radical (unpaired) electrons. The Balaban J connectivity index is 2.31. The van der Waals surface area contributed by atoms with Crippen molar-refractivity contribution in [1.29, 1.82) is 0 Å². The van der Waals surface area contributed by atoms with E-state index in [1.54, 1.807) is 44.2 Å². The maximum absolute atomic E-state index is 14.4. The molecule has 4 nitrogen and oxygen atoms in total. The summed E-state index contributed by atoms with van der Waals surface area (Å²) in [6, 6.07) is 12.0. The van der Waals surface area contributed by atoms with Gasteiger partial charge in [0, 0.05) is 37.7 Å². The zero-order valence-corrected chi connectivity index (χ0v) is 20.8. The van der Waals surface area contributed by atoms with Crippen LogP contribution in [-0.2, 0) is 18.9 Å². The maximum Gasteiger partial charge on any atom is 0.431 e. The highest BCUT2D eigenvalue weighted by Gasteiger charge is 2.42. The molecule has 0 atom stereocenters. The first kappa shape index (κ1) is 28.3. The number of carbonyl (C=O) groups is 1. The van der Waals surface area contributed by atoms with Crippen LogP contribution < -0.4 is 0 Å². The Morgan fingerprint density at radius 1 is 0.919 bits per heavy atom. The normalized spacial score (nSPS) is 12.6. The Kier molecular flexibility index (Phi) is 7.83. The highest BCUT2D eigenvalue weighted by molar-refractivity contribution is 6.01. The van der Waals surface area contributed by atoms with E-state index in [9.17, 15) is 36.2 Å². The summed E-state index contributed by atoms with van der Waals surface area (Å²) >= 11 is 0. The number of carbonyl (C=O) groups excluding carboxylic acids is 1. The zero-order chi connectivity index (χ0) is 27.8. The molecule has 0 unspecified atom stereocenters. The van der Waals surface area contributed by atoms with Crippen molar-refractivity contribution in [2.24, 2.45) is 5.41 Å². The van der Waals surface area contributed by atoms with Gasteiger partial charge in [0.05, 0.1) is 5.56 Å². The van der Waals surface area contributed by atoms with Gasteiger partial charge in [-0.2, -0.15) is 26.3 Å². The van der Waals surface area contributed by atoms with Crippen LogP contribution in [0.25, 0.3) is 11.1 Å². The van der Waals surface area contributed by atoms with Gasteiger partial charge < -0.3 is 14.6 Å². The van der Waals surface area contributed by atoms with E-state index in [4.69, 9.17) is 0 Å². The highest BCUT2D eigenvalue weighted by atomic mass is 19.4. The molecule has 3 aromatic rings. The van der Waals surface area contributed by atoms with Crippen LogP contribution in [0.4, 0.5) is 26.3 Å². The SMILES string of the molecule is Cc1c(-c2ccc(C(F)(F)F)cc2)c(C(=O)N(C)CC(C)(C)CO)n(Cc2ccccc2)c1C(F)(F)F. The van der Waals surface area contributed by atoms with Gasteiger partial charge in [-0.05, 0) is 35.7 Å². The number of alkyl halides is 6. The number of amides is 1.